The molecule has 2 aromatic heterocycles. The van der Waals surface area contributed by atoms with Crippen molar-refractivity contribution in [2.45, 2.75) is 25.9 Å². The van der Waals surface area contributed by atoms with Crippen molar-refractivity contribution in [3.63, 3.8) is 0 Å². The van der Waals surface area contributed by atoms with E-state index in [4.69, 9.17) is 4.42 Å². The predicted molar refractivity (Wildman–Crippen MR) is 104 cm³/mol. The second-order valence-corrected chi connectivity index (χ2v) is 7.23. The van der Waals surface area contributed by atoms with Crippen LogP contribution in [-0.2, 0) is 18.9 Å². The summed E-state index contributed by atoms with van der Waals surface area (Å²) in [4.78, 5) is 38.2. The lowest BCUT2D eigenvalue weighted by molar-refractivity contribution is -0.127. The summed E-state index contributed by atoms with van der Waals surface area (Å²) >= 11 is 0. The molecule has 1 unspecified atom stereocenters. The molecule has 2 aromatic rings. The molecule has 0 radical (unpaired) electrons. The van der Waals surface area contributed by atoms with Crippen LogP contribution < -0.4 is 11.2 Å². The van der Waals surface area contributed by atoms with Gasteiger partial charge in [-0.2, -0.15) is 0 Å². The summed E-state index contributed by atoms with van der Waals surface area (Å²) in [6.07, 6.45) is 4.71. The van der Waals surface area contributed by atoms with E-state index in [-0.39, 0.29) is 17.4 Å². The molecule has 1 aliphatic rings. The lowest BCUT2D eigenvalue weighted by atomic mass is 9.88. The molecule has 3 rings (SSSR count). The molecule has 0 aromatic carbocycles. The van der Waals surface area contributed by atoms with Crippen LogP contribution in [0.1, 0.15) is 36.0 Å². The van der Waals surface area contributed by atoms with Crippen LogP contribution in [0.2, 0.25) is 0 Å². The van der Waals surface area contributed by atoms with E-state index >= 15 is 0 Å². The van der Waals surface area contributed by atoms with Crippen molar-refractivity contribution in [3.05, 3.63) is 62.3 Å². The minimum Gasteiger partial charge on any atom is -0.462 e. The number of carbonyl (C=O) groups is 1. The minimum absolute atomic E-state index is 0.111. The highest BCUT2D eigenvalue weighted by atomic mass is 16.3. The monoisotopic (exact) mass is 387 g/mol. The van der Waals surface area contributed by atoms with E-state index in [0.717, 1.165) is 10.3 Å². The Kier molecular flexibility index (Phi) is 5.69. The topological polar surface area (TPSA) is 97.7 Å². The van der Waals surface area contributed by atoms with Crippen LogP contribution in [0.3, 0.4) is 0 Å². The Hall–Kier alpha value is -2.87. The van der Waals surface area contributed by atoms with Crippen molar-refractivity contribution >= 4 is 12.0 Å². The number of carbonyl (C=O) groups excluding carboxylic acids is 1. The molecule has 1 fully saturated rings. The highest BCUT2D eigenvalue weighted by Gasteiger charge is 2.29. The summed E-state index contributed by atoms with van der Waals surface area (Å²) in [5.74, 6) is 1.15. The number of amides is 1. The summed E-state index contributed by atoms with van der Waals surface area (Å²) < 4.78 is 7.70. The van der Waals surface area contributed by atoms with Gasteiger partial charge in [-0.05, 0) is 43.9 Å². The van der Waals surface area contributed by atoms with Crippen LogP contribution >= 0.6 is 0 Å². The fourth-order valence-electron chi connectivity index (χ4n) is 3.53. The number of aliphatic hydroxyl groups is 1. The molecule has 150 valence electrons. The van der Waals surface area contributed by atoms with Crippen LogP contribution in [0.4, 0.5) is 0 Å². The largest absolute Gasteiger partial charge is 0.462 e. The fraction of sp³-hybridized carbons (Fsp3) is 0.450. The number of likely N-dealkylation sites (tertiary alicyclic amines) is 1. The molecule has 1 saturated heterocycles. The molecule has 3 heterocycles. The van der Waals surface area contributed by atoms with E-state index in [1.807, 2.05) is 13.0 Å². The third-order valence-corrected chi connectivity index (χ3v) is 5.24. The van der Waals surface area contributed by atoms with Gasteiger partial charge in [0, 0.05) is 39.5 Å². The van der Waals surface area contributed by atoms with Crippen molar-refractivity contribution in [2.24, 2.45) is 20.0 Å². The summed E-state index contributed by atoms with van der Waals surface area (Å²) in [6.45, 7) is 2.83. The maximum atomic E-state index is 12.3. The maximum absolute atomic E-state index is 12.3. The normalized spacial score (nSPS) is 16.6. The Labute approximate surface area is 162 Å². The van der Waals surface area contributed by atoms with Gasteiger partial charge in [0.25, 0.3) is 5.56 Å². The van der Waals surface area contributed by atoms with Gasteiger partial charge < -0.3 is 19.0 Å². The average molecular weight is 387 g/mol. The molecule has 1 atom stereocenters. The Balaban J connectivity index is 1.64. The molecule has 0 spiro atoms. The molecular formula is C20H25N3O5. The highest BCUT2D eigenvalue weighted by molar-refractivity contribution is 5.91. The van der Waals surface area contributed by atoms with Crippen molar-refractivity contribution in [1.82, 2.24) is 14.0 Å². The molecule has 28 heavy (non-hydrogen) atoms. The van der Waals surface area contributed by atoms with Gasteiger partial charge >= 0.3 is 5.69 Å². The Bertz CT molecular complexity index is 1010. The number of hydrogen-bond acceptors (Lipinski definition) is 5. The van der Waals surface area contributed by atoms with E-state index in [9.17, 15) is 19.5 Å². The summed E-state index contributed by atoms with van der Waals surface area (Å²) in [5, 5.41) is 10.7. The van der Waals surface area contributed by atoms with E-state index in [2.05, 4.69) is 0 Å². The number of nitrogens with zero attached hydrogens (tertiary/aromatic N) is 3. The lowest BCUT2D eigenvalue weighted by Crippen LogP contribution is -2.42. The van der Waals surface area contributed by atoms with Crippen LogP contribution in [-0.4, -0.2) is 38.1 Å². The smallest absolute Gasteiger partial charge is 0.330 e. The van der Waals surface area contributed by atoms with Crippen molar-refractivity contribution in [2.75, 3.05) is 13.1 Å². The molecule has 1 amide bonds. The first-order valence-corrected chi connectivity index (χ1v) is 9.26. The number of rotatable bonds is 4. The zero-order chi connectivity index (χ0) is 20.4. The van der Waals surface area contributed by atoms with Gasteiger partial charge in [-0.15, -0.1) is 0 Å². The van der Waals surface area contributed by atoms with E-state index in [0.29, 0.717) is 31.7 Å². The molecule has 0 saturated carbocycles. The first-order valence-electron chi connectivity index (χ1n) is 9.26. The number of furan rings is 1. The second-order valence-electron chi connectivity index (χ2n) is 7.23. The molecule has 0 bridgehead atoms. The van der Waals surface area contributed by atoms with Crippen molar-refractivity contribution in [1.29, 1.82) is 0 Å². The van der Waals surface area contributed by atoms with Crippen molar-refractivity contribution in [3.8, 4) is 0 Å². The van der Waals surface area contributed by atoms with Gasteiger partial charge in [-0.1, -0.05) is 0 Å². The first kappa shape index (κ1) is 19.9. The van der Waals surface area contributed by atoms with Gasteiger partial charge in [0.1, 0.15) is 11.5 Å². The van der Waals surface area contributed by atoms with E-state index in [1.54, 1.807) is 24.1 Å². The average Bonchev–Trinajstić information content (AvgIpc) is 3.12. The van der Waals surface area contributed by atoms with Crippen LogP contribution in [0.25, 0.3) is 6.08 Å². The van der Waals surface area contributed by atoms with Gasteiger partial charge in [0.05, 0.1) is 11.7 Å². The number of piperidine rings is 1. The minimum atomic E-state index is -0.968. The van der Waals surface area contributed by atoms with Crippen LogP contribution in [0, 0.1) is 12.8 Å². The quantitative estimate of drug-likeness (QED) is 0.789. The fourth-order valence-corrected chi connectivity index (χ4v) is 3.53. The van der Waals surface area contributed by atoms with Gasteiger partial charge in [-0.25, -0.2) is 4.79 Å². The maximum Gasteiger partial charge on any atom is 0.330 e. The molecular weight excluding hydrogens is 362 g/mol. The van der Waals surface area contributed by atoms with Crippen molar-refractivity contribution < 1.29 is 14.3 Å². The Morgan fingerprint density at radius 3 is 2.54 bits per heavy atom. The Morgan fingerprint density at radius 2 is 1.93 bits per heavy atom. The molecule has 8 nitrogen and oxygen atoms in total. The molecule has 8 heteroatoms. The summed E-state index contributed by atoms with van der Waals surface area (Å²) in [7, 11) is 2.95. The first-order chi connectivity index (χ1) is 13.3. The third kappa shape index (κ3) is 4.01. The van der Waals surface area contributed by atoms with Gasteiger partial charge in [0.2, 0.25) is 5.91 Å². The Morgan fingerprint density at radius 1 is 1.25 bits per heavy atom. The zero-order valence-corrected chi connectivity index (χ0v) is 16.3. The van der Waals surface area contributed by atoms with E-state index < -0.39 is 17.4 Å². The SMILES string of the molecule is Cc1ccc(/C=C/C(=O)N2CCC(C(O)c3cn(C)c(=O)n(C)c3=O)CC2)o1. The van der Waals surface area contributed by atoms with Crippen LogP contribution in [0.5, 0.6) is 0 Å². The number of aromatic nitrogens is 2. The second kappa shape index (κ2) is 8.02. The van der Waals surface area contributed by atoms with E-state index in [1.165, 1.54) is 23.9 Å². The van der Waals surface area contributed by atoms with Gasteiger partial charge in [0.15, 0.2) is 0 Å². The summed E-state index contributed by atoms with van der Waals surface area (Å²) in [6, 6.07) is 3.64. The highest BCUT2D eigenvalue weighted by Crippen LogP contribution is 2.29. The molecule has 1 aliphatic heterocycles. The third-order valence-electron chi connectivity index (χ3n) is 5.24. The van der Waals surface area contributed by atoms with Gasteiger partial charge in [-0.3, -0.25) is 14.2 Å². The number of hydrogen-bond donors (Lipinski definition) is 1. The van der Waals surface area contributed by atoms with Crippen LogP contribution in [0.15, 0.2) is 38.4 Å². The predicted octanol–water partition coefficient (Wildman–Crippen LogP) is 0.971. The number of aliphatic hydroxyl groups excluding tert-OH is 1. The number of aryl methyl sites for hydroxylation is 2. The molecule has 1 N–H and O–H groups in total. The standard InChI is InChI=1S/C20H25N3O5/c1-13-4-5-15(28-13)6-7-17(24)23-10-8-14(9-11-23)18(25)16-12-21(2)20(27)22(3)19(16)26/h4-7,12,14,18,25H,8-11H2,1-3H3/b7-6+. The zero-order valence-electron chi connectivity index (χ0n) is 16.3. The summed E-state index contributed by atoms with van der Waals surface area (Å²) in [5.41, 5.74) is -0.701. The lowest BCUT2D eigenvalue weighted by Gasteiger charge is -2.33. The molecule has 0 aliphatic carbocycles.